The number of carbonyl (C=O) groups is 1. The summed E-state index contributed by atoms with van der Waals surface area (Å²) in [5.41, 5.74) is -0.0556. The van der Waals surface area contributed by atoms with E-state index >= 15 is 0 Å². The summed E-state index contributed by atoms with van der Waals surface area (Å²) >= 11 is 7.01. The van der Waals surface area contributed by atoms with E-state index in [2.05, 4.69) is 15.6 Å². The molecule has 0 bridgehead atoms. The molecule has 9 heteroatoms. The molecule has 0 radical (unpaired) electrons. The van der Waals surface area contributed by atoms with Crippen LogP contribution in [0.3, 0.4) is 0 Å². The molecule has 1 heterocycles. The normalized spacial score (nSPS) is 11.4. The van der Waals surface area contributed by atoms with Crippen LogP contribution in [0, 0.1) is 0 Å². The number of nitrogens with zero attached hydrogens (tertiary/aromatic N) is 1. The molecule has 4 nitrogen and oxygen atoms in total. The van der Waals surface area contributed by atoms with Crippen molar-refractivity contribution in [2.24, 2.45) is 0 Å². The maximum absolute atomic E-state index is 13.1. The van der Waals surface area contributed by atoms with Gasteiger partial charge in [-0.1, -0.05) is 29.8 Å². The van der Waals surface area contributed by atoms with Crippen LogP contribution in [-0.2, 0) is 6.18 Å². The molecule has 0 atom stereocenters. The number of para-hydroxylation sites is 1. The summed E-state index contributed by atoms with van der Waals surface area (Å²) in [6, 6.07) is 13.9. The van der Waals surface area contributed by atoms with Crippen molar-refractivity contribution in [2.45, 2.75) is 11.1 Å². The monoisotopic (exact) mass is 425 g/mol. The number of pyridine rings is 1. The summed E-state index contributed by atoms with van der Waals surface area (Å²) < 4.78 is 39.2. The molecule has 2 aromatic carbocycles. The van der Waals surface area contributed by atoms with E-state index in [1.54, 1.807) is 48.5 Å². The quantitative estimate of drug-likeness (QED) is 0.400. The van der Waals surface area contributed by atoms with Gasteiger partial charge >= 0.3 is 12.2 Å². The Morgan fingerprint density at radius 3 is 2.54 bits per heavy atom. The molecule has 146 valence electrons. The minimum absolute atomic E-state index is 0.280. The summed E-state index contributed by atoms with van der Waals surface area (Å²) in [5, 5.41) is 6.52. The standard InChI is InChI=1S/C19H15ClF3N3OS/c20-12-5-7-13(8-6-12)25-18(27)24-9-10-28-16-11-17(19(21,22)23)26-15-4-2-1-3-14(15)16/h1-8,11H,9-10H2,(H2,24,25,27). The molecule has 3 aromatic rings. The smallest absolute Gasteiger partial charge is 0.337 e. The number of hydrogen-bond acceptors (Lipinski definition) is 3. The third-order valence-electron chi connectivity index (χ3n) is 3.72. The van der Waals surface area contributed by atoms with Crippen molar-refractivity contribution in [1.29, 1.82) is 0 Å². The van der Waals surface area contributed by atoms with Gasteiger partial charge in [0.15, 0.2) is 0 Å². The molecule has 2 N–H and O–H groups in total. The highest BCUT2D eigenvalue weighted by atomic mass is 35.5. The second-order valence-electron chi connectivity index (χ2n) is 5.76. The molecular weight excluding hydrogens is 411 g/mol. The number of fused-ring (bicyclic) bond motifs is 1. The summed E-state index contributed by atoms with van der Waals surface area (Å²) in [4.78, 5) is 16.0. The second-order valence-corrected chi connectivity index (χ2v) is 7.33. The largest absolute Gasteiger partial charge is 0.433 e. The Kier molecular flexibility index (Phi) is 6.31. The highest BCUT2D eigenvalue weighted by Crippen LogP contribution is 2.34. The van der Waals surface area contributed by atoms with E-state index in [-0.39, 0.29) is 12.1 Å². The van der Waals surface area contributed by atoms with Gasteiger partial charge in [-0.15, -0.1) is 11.8 Å². The third kappa shape index (κ3) is 5.30. The van der Waals surface area contributed by atoms with Gasteiger partial charge in [-0.2, -0.15) is 13.2 Å². The van der Waals surface area contributed by atoms with Crippen LogP contribution < -0.4 is 10.6 Å². The van der Waals surface area contributed by atoms with Crippen molar-refractivity contribution < 1.29 is 18.0 Å². The zero-order valence-electron chi connectivity index (χ0n) is 14.4. The lowest BCUT2D eigenvalue weighted by Crippen LogP contribution is -2.30. The summed E-state index contributed by atoms with van der Waals surface area (Å²) in [5.74, 6) is 0.402. The Balaban J connectivity index is 1.60. The number of nitrogens with one attached hydrogen (secondary N) is 2. The molecule has 0 aliphatic heterocycles. The molecule has 28 heavy (non-hydrogen) atoms. The van der Waals surface area contributed by atoms with Crippen LogP contribution in [0.25, 0.3) is 10.9 Å². The Labute approximate surface area is 168 Å². The molecule has 3 rings (SSSR count). The average Bonchev–Trinajstić information content (AvgIpc) is 2.66. The number of rotatable bonds is 5. The first kappa shape index (κ1) is 20.3. The predicted octanol–water partition coefficient (Wildman–Crippen LogP) is 5.82. The summed E-state index contributed by atoms with van der Waals surface area (Å²) in [6.07, 6.45) is -4.52. The van der Waals surface area contributed by atoms with Crippen molar-refractivity contribution in [3.05, 3.63) is 65.3 Å². The summed E-state index contributed by atoms with van der Waals surface area (Å²) in [6.45, 7) is 0.280. The fourth-order valence-corrected chi connectivity index (χ4v) is 3.52. The van der Waals surface area contributed by atoms with Crippen LogP contribution in [0.5, 0.6) is 0 Å². The molecule has 0 aliphatic rings. The van der Waals surface area contributed by atoms with Gasteiger partial charge < -0.3 is 10.6 Å². The van der Waals surface area contributed by atoms with Crippen molar-refractivity contribution >= 4 is 46.0 Å². The van der Waals surface area contributed by atoms with Gasteiger partial charge in [-0.25, -0.2) is 9.78 Å². The van der Waals surface area contributed by atoms with E-state index < -0.39 is 17.9 Å². The van der Waals surface area contributed by atoms with Gasteiger partial charge in [0.1, 0.15) is 5.69 Å². The number of carbonyl (C=O) groups excluding carboxylic acids is 1. The van der Waals surface area contributed by atoms with Crippen LogP contribution in [0.1, 0.15) is 5.69 Å². The number of urea groups is 1. The lowest BCUT2D eigenvalue weighted by atomic mass is 10.2. The minimum Gasteiger partial charge on any atom is -0.337 e. The second kappa shape index (κ2) is 8.70. The number of anilines is 1. The van der Waals surface area contributed by atoms with Gasteiger partial charge in [0.05, 0.1) is 5.52 Å². The molecule has 0 unspecified atom stereocenters. The van der Waals surface area contributed by atoms with Crippen LogP contribution in [-0.4, -0.2) is 23.3 Å². The van der Waals surface area contributed by atoms with Crippen molar-refractivity contribution in [2.75, 3.05) is 17.6 Å². The van der Waals surface area contributed by atoms with Crippen LogP contribution in [0.4, 0.5) is 23.7 Å². The van der Waals surface area contributed by atoms with Crippen LogP contribution >= 0.6 is 23.4 Å². The zero-order valence-corrected chi connectivity index (χ0v) is 16.0. The fraction of sp³-hybridized carbons (Fsp3) is 0.158. The first-order valence-electron chi connectivity index (χ1n) is 8.23. The van der Waals surface area contributed by atoms with E-state index in [0.29, 0.717) is 26.7 Å². The number of aromatic nitrogens is 1. The van der Waals surface area contributed by atoms with E-state index in [1.807, 2.05) is 0 Å². The topological polar surface area (TPSA) is 54.0 Å². The highest BCUT2D eigenvalue weighted by Gasteiger charge is 2.33. The Hall–Kier alpha value is -2.45. The maximum atomic E-state index is 13.1. The number of amides is 2. The van der Waals surface area contributed by atoms with Crippen molar-refractivity contribution in [3.63, 3.8) is 0 Å². The number of halogens is 4. The van der Waals surface area contributed by atoms with Crippen molar-refractivity contribution in [1.82, 2.24) is 10.3 Å². The highest BCUT2D eigenvalue weighted by molar-refractivity contribution is 7.99. The fourth-order valence-electron chi connectivity index (χ4n) is 2.44. The molecule has 0 aliphatic carbocycles. The Morgan fingerprint density at radius 1 is 1.11 bits per heavy atom. The van der Waals surface area contributed by atoms with E-state index in [4.69, 9.17) is 11.6 Å². The molecule has 0 fully saturated rings. The number of hydrogen-bond donors (Lipinski definition) is 2. The molecule has 2 amide bonds. The first-order valence-corrected chi connectivity index (χ1v) is 9.59. The predicted molar refractivity (Wildman–Crippen MR) is 106 cm³/mol. The lowest BCUT2D eigenvalue weighted by molar-refractivity contribution is -0.141. The van der Waals surface area contributed by atoms with Gasteiger partial charge in [0.2, 0.25) is 0 Å². The minimum atomic E-state index is -4.52. The molecule has 1 aromatic heterocycles. The van der Waals surface area contributed by atoms with Gasteiger partial charge in [0.25, 0.3) is 0 Å². The zero-order chi connectivity index (χ0) is 20.1. The van der Waals surface area contributed by atoms with Crippen LogP contribution in [0.2, 0.25) is 5.02 Å². The number of benzene rings is 2. The average molecular weight is 426 g/mol. The van der Waals surface area contributed by atoms with Gasteiger partial charge in [0, 0.05) is 33.3 Å². The van der Waals surface area contributed by atoms with Gasteiger partial charge in [-0.3, -0.25) is 0 Å². The number of thioether (sulfide) groups is 1. The van der Waals surface area contributed by atoms with Crippen LogP contribution in [0.15, 0.2) is 59.5 Å². The number of alkyl halides is 3. The first-order chi connectivity index (χ1) is 13.3. The molecule has 0 saturated heterocycles. The maximum Gasteiger partial charge on any atom is 0.433 e. The van der Waals surface area contributed by atoms with E-state index in [0.717, 1.165) is 6.07 Å². The van der Waals surface area contributed by atoms with E-state index in [1.165, 1.54) is 11.8 Å². The SMILES string of the molecule is O=C(NCCSc1cc(C(F)(F)F)nc2ccccc12)Nc1ccc(Cl)cc1. The Morgan fingerprint density at radius 2 is 1.82 bits per heavy atom. The van der Waals surface area contributed by atoms with E-state index in [9.17, 15) is 18.0 Å². The Bertz CT molecular complexity index is 980. The summed E-state index contributed by atoms with van der Waals surface area (Å²) in [7, 11) is 0. The van der Waals surface area contributed by atoms with Gasteiger partial charge in [-0.05, 0) is 36.4 Å². The molecule has 0 spiro atoms. The lowest BCUT2D eigenvalue weighted by Gasteiger charge is -2.12. The third-order valence-corrected chi connectivity index (χ3v) is 5.02. The van der Waals surface area contributed by atoms with Crippen molar-refractivity contribution in [3.8, 4) is 0 Å². The molecular formula is C19H15ClF3N3OS. The molecule has 0 saturated carbocycles.